The number of benzene rings is 2. The lowest BCUT2D eigenvalue weighted by Crippen LogP contribution is -2.50. The molecule has 2 saturated heterocycles. The summed E-state index contributed by atoms with van der Waals surface area (Å²) in [6.45, 7) is 8.30. The number of piperidine rings is 1. The molecule has 2 aliphatic rings. The van der Waals surface area contributed by atoms with Crippen LogP contribution in [0.3, 0.4) is 0 Å². The molecule has 0 aromatic heterocycles. The number of likely N-dealkylation sites (tertiary alicyclic amines) is 1. The van der Waals surface area contributed by atoms with Crippen LogP contribution in [0.25, 0.3) is 0 Å². The van der Waals surface area contributed by atoms with Crippen LogP contribution >= 0.6 is 11.6 Å². The number of methoxy groups -OCH3 is 2. The van der Waals surface area contributed by atoms with Gasteiger partial charge in [-0.1, -0.05) is 24.6 Å². The standard InChI is InChI=1S/C27H37ClN4O3/c1-4-12-30-13-10-20(11-14-30)22-19-21(8-9-25(22)34-2)29-27(33)32-17-15-31(16-18-32)24-7-5-6-23(28)26(24)35-3/h5-9,19-20H,4,10-18H2,1-3H3,(H,29,33). The largest absolute Gasteiger partial charge is 0.496 e. The van der Waals surface area contributed by atoms with Gasteiger partial charge in [-0.25, -0.2) is 4.79 Å². The van der Waals surface area contributed by atoms with E-state index in [1.165, 1.54) is 12.0 Å². The van der Waals surface area contributed by atoms with Crippen LogP contribution in [0.15, 0.2) is 36.4 Å². The van der Waals surface area contributed by atoms with Crippen LogP contribution in [0.4, 0.5) is 16.2 Å². The summed E-state index contributed by atoms with van der Waals surface area (Å²) in [6, 6.07) is 11.7. The van der Waals surface area contributed by atoms with Gasteiger partial charge in [0.15, 0.2) is 5.75 Å². The summed E-state index contributed by atoms with van der Waals surface area (Å²) < 4.78 is 11.2. The molecule has 1 N–H and O–H groups in total. The maximum atomic E-state index is 13.1. The van der Waals surface area contributed by atoms with Crippen molar-refractivity contribution in [2.45, 2.75) is 32.1 Å². The van der Waals surface area contributed by atoms with Crippen LogP contribution in [0, 0.1) is 0 Å². The van der Waals surface area contributed by atoms with E-state index in [1.54, 1.807) is 14.2 Å². The fraction of sp³-hybridized carbons (Fsp3) is 0.519. The van der Waals surface area contributed by atoms with Crippen LogP contribution in [0.2, 0.25) is 5.02 Å². The molecule has 2 heterocycles. The highest BCUT2D eigenvalue weighted by Crippen LogP contribution is 2.37. The first-order valence-electron chi connectivity index (χ1n) is 12.6. The highest BCUT2D eigenvalue weighted by atomic mass is 35.5. The number of anilines is 2. The third kappa shape index (κ3) is 5.96. The van der Waals surface area contributed by atoms with Crippen molar-refractivity contribution in [2.24, 2.45) is 0 Å². The molecule has 4 rings (SSSR count). The van der Waals surface area contributed by atoms with Gasteiger partial charge >= 0.3 is 6.03 Å². The fourth-order valence-corrected chi connectivity index (χ4v) is 5.46. The lowest BCUT2D eigenvalue weighted by Gasteiger charge is -2.36. The van der Waals surface area contributed by atoms with E-state index in [2.05, 4.69) is 28.1 Å². The molecule has 0 bridgehead atoms. The van der Waals surface area contributed by atoms with Crippen molar-refractivity contribution in [1.29, 1.82) is 0 Å². The third-order valence-electron chi connectivity index (χ3n) is 7.11. The Balaban J connectivity index is 1.37. The average Bonchev–Trinajstić information content (AvgIpc) is 2.89. The zero-order valence-corrected chi connectivity index (χ0v) is 21.8. The Morgan fingerprint density at radius 1 is 1.03 bits per heavy atom. The minimum absolute atomic E-state index is 0.0726. The first-order valence-corrected chi connectivity index (χ1v) is 13.0. The number of nitrogens with zero attached hydrogens (tertiary/aromatic N) is 3. The number of hydrogen-bond acceptors (Lipinski definition) is 5. The van der Waals surface area contributed by atoms with Crippen molar-refractivity contribution in [3.05, 3.63) is 47.0 Å². The Bertz CT molecular complexity index is 1000. The number of piperazine rings is 1. The summed E-state index contributed by atoms with van der Waals surface area (Å²) >= 11 is 6.29. The number of ether oxygens (including phenoxy) is 2. The second kappa shape index (κ2) is 11.9. The Labute approximate surface area is 213 Å². The minimum Gasteiger partial charge on any atom is -0.496 e. The van der Waals surface area contributed by atoms with E-state index < -0.39 is 0 Å². The molecular weight excluding hydrogens is 464 g/mol. The number of amides is 2. The number of urea groups is 1. The molecule has 2 aromatic carbocycles. The Morgan fingerprint density at radius 2 is 1.77 bits per heavy atom. The van der Waals surface area contributed by atoms with E-state index in [0.717, 1.165) is 49.6 Å². The van der Waals surface area contributed by atoms with Gasteiger partial charge in [0, 0.05) is 31.9 Å². The second-order valence-corrected chi connectivity index (χ2v) is 9.68. The topological polar surface area (TPSA) is 57.3 Å². The smallest absolute Gasteiger partial charge is 0.321 e. The molecule has 0 unspecified atom stereocenters. The highest BCUT2D eigenvalue weighted by Gasteiger charge is 2.26. The van der Waals surface area contributed by atoms with E-state index in [-0.39, 0.29) is 6.03 Å². The van der Waals surface area contributed by atoms with Crippen LogP contribution in [0.5, 0.6) is 11.5 Å². The van der Waals surface area contributed by atoms with E-state index >= 15 is 0 Å². The molecule has 2 amide bonds. The molecule has 190 valence electrons. The molecule has 8 heteroatoms. The van der Waals surface area contributed by atoms with Gasteiger partial charge in [-0.2, -0.15) is 0 Å². The summed E-state index contributed by atoms with van der Waals surface area (Å²) in [5, 5.41) is 3.71. The Morgan fingerprint density at radius 3 is 2.43 bits per heavy atom. The number of hydrogen-bond donors (Lipinski definition) is 1. The first kappa shape index (κ1) is 25.5. The lowest BCUT2D eigenvalue weighted by atomic mass is 9.88. The number of rotatable bonds is 7. The van der Waals surface area contributed by atoms with Gasteiger partial charge < -0.3 is 29.5 Å². The molecule has 0 atom stereocenters. The van der Waals surface area contributed by atoms with Gasteiger partial charge in [0.25, 0.3) is 0 Å². The molecule has 0 radical (unpaired) electrons. The molecule has 2 aliphatic heterocycles. The van der Waals surface area contributed by atoms with Gasteiger partial charge in [-0.3, -0.25) is 0 Å². The van der Waals surface area contributed by atoms with E-state index in [4.69, 9.17) is 21.1 Å². The predicted octanol–water partition coefficient (Wildman–Crippen LogP) is 5.30. The van der Waals surface area contributed by atoms with Crippen molar-refractivity contribution in [1.82, 2.24) is 9.80 Å². The summed E-state index contributed by atoms with van der Waals surface area (Å²) in [4.78, 5) is 19.7. The maximum absolute atomic E-state index is 13.1. The maximum Gasteiger partial charge on any atom is 0.321 e. The summed E-state index contributed by atoms with van der Waals surface area (Å²) in [5.74, 6) is 2.03. The summed E-state index contributed by atoms with van der Waals surface area (Å²) in [5.41, 5.74) is 2.98. The predicted molar refractivity (Wildman–Crippen MR) is 143 cm³/mol. The van der Waals surface area contributed by atoms with Crippen LogP contribution in [-0.4, -0.2) is 75.9 Å². The van der Waals surface area contributed by atoms with Gasteiger partial charge in [0.05, 0.1) is 24.9 Å². The zero-order chi connectivity index (χ0) is 24.8. The van der Waals surface area contributed by atoms with Crippen LogP contribution < -0.4 is 19.7 Å². The number of nitrogens with one attached hydrogen (secondary N) is 1. The normalized spacial score (nSPS) is 17.4. The molecule has 0 aliphatic carbocycles. The van der Waals surface area contributed by atoms with E-state index in [9.17, 15) is 4.79 Å². The molecule has 35 heavy (non-hydrogen) atoms. The second-order valence-electron chi connectivity index (χ2n) is 9.27. The Hall–Kier alpha value is -2.64. The average molecular weight is 501 g/mol. The summed E-state index contributed by atoms with van der Waals surface area (Å²) in [6.07, 6.45) is 3.42. The number of halogens is 1. The number of carbonyl (C=O) groups excluding carboxylic acids is 1. The highest BCUT2D eigenvalue weighted by molar-refractivity contribution is 6.32. The zero-order valence-electron chi connectivity index (χ0n) is 21.1. The van der Waals surface area contributed by atoms with Crippen molar-refractivity contribution in [3.63, 3.8) is 0 Å². The quantitative estimate of drug-likeness (QED) is 0.559. The third-order valence-corrected chi connectivity index (χ3v) is 7.40. The van der Waals surface area contributed by atoms with Crippen molar-refractivity contribution >= 4 is 29.0 Å². The SMILES string of the molecule is CCCN1CCC(c2cc(NC(=O)N3CCN(c4cccc(Cl)c4OC)CC3)ccc2OC)CC1. The lowest BCUT2D eigenvalue weighted by molar-refractivity contribution is 0.208. The Kier molecular flexibility index (Phi) is 8.63. The number of carbonyl (C=O) groups is 1. The molecule has 0 spiro atoms. The molecular formula is C27H37ClN4O3. The molecule has 0 saturated carbocycles. The van der Waals surface area contributed by atoms with Crippen LogP contribution in [-0.2, 0) is 0 Å². The van der Waals surface area contributed by atoms with Crippen molar-refractivity contribution in [3.8, 4) is 11.5 Å². The van der Waals surface area contributed by atoms with Gasteiger partial charge in [-0.05, 0) is 80.7 Å². The molecule has 2 aromatic rings. The minimum atomic E-state index is -0.0726. The van der Waals surface area contributed by atoms with E-state index in [1.807, 2.05) is 35.2 Å². The van der Waals surface area contributed by atoms with Crippen molar-refractivity contribution in [2.75, 3.05) is 70.2 Å². The fourth-order valence-electron chi connectivity index (χ4n) is 5.22. The monoisotopic (exact) mass is 500 g/mol. The first-order chi connectivity index (χ1) is 17.0. The van der Waals surface area contributed by atoms with Crippen molar-refractivity contribution < 1.29 is 14.3 Å². The molecule has 2 fully saturated rings. The number of para-hydroxylation sites is 1. The molecule has 7 nitrogen and oxygen atoms in total. The van der Waals surface area contributed by atoms with E-state index in [0.29, 0.717) is 42.9 Å². The van der Waals surface area contributed by atoms with Crippen LogP contribution in [0.1, 0.15) is 37.7 Å². The van der Waals surface area contributed by atoms with Gasteiger partial charge in [-0.15, -0.1) is 0 Å². The van der Waals surface area contributed by atoms with Gasteiger partial charge in [0.2, 0.25) is 0 Å². The van der Waals surface area contributed by atoms with Gasteiger partial charge in [0.1, 0.15) is 5.75 Å². The summed E-state index contributed by atoms with van der Waals surface area (Å²) in [7, 11) is 3.35.